The van der Waals surface area contributed by atoms with E-state index in [0.717, 1.165) is 0 Å². The average Bonchev–Trinajstić information content (AvgIpc) is 1.63. The number of ketones is 1. The summed E-state index contributed by atoms with van der Waals surface area (Å²) in [5.74, 6) is -0.403. The number of hydrogen-bond acceptors (Lipinski definition) is 3. The molecule has 9 heavy (non-hydrogen) atoms. The third-order valence-electron chi connectivity index (χ3n) is 0.729. The first-order valence-electron chi connectivity index (χ1n) is 2.32. The predicted molar refractivity (Wildman–Crippen MR) is 35.3 cm³/mol. The van der Waals surface area contributed by atoms with E-state index in [9.17, 15) is 14.9 Å². The van der Waals surface area contributed by atoms with E-state index >= 15 is 0 Å². The van der Waals surface area contributed by atoms with E-state index in [1.165, 1.54) is 0 Å². The highest BCUT2D eigenvalue weighted by Crippen LogP contribution is 1.97. The van der Waals surface area contributed by atoms with Crippen LogP contribution in [-0.2, 0) is 4.79 Å². The van der Waals surface area contributed by atoms with Crippen molar-refractivity contribution in [1.82, 2.24) is 0 Å². The zero-order valence-electron chi connectivity index (χ0n) is 4.83. The number of alkyl halides is 1. The lowest BCUT2D eigenvalue weighted by atomic mass is 10.3. The zero-order valence-corrected chi connectivity index (χ0v) is 6.42. The average molecular weight is 196 g/mol. The van der Waals surface area contributed by atoms with Crippen molar-refractivity contribution in [2.75, 3.05) is 6.54 Å². The van der Waals surface area contributed by atoms with Gasteiger partial charge in [0.2, 0.25) is 5.78 Å². The molecule has 0 aromatic heterocycles. The minimum atomic E-state index is -0.639. The lowest BCUT2D eigenvalue weighted by molar-refractivity contribution is -0.467. The number of hydrogen-bond donors (Lipinski definition) is 0. The highest BCUT2D eigenvalue weighted by molar-refractivity contribution is 9.10. The maximum absolute atomic E-state index is 10.5. The Hall–Kier alpha value is -0.450. The largest absolute Gasteiger partial charge is 0.291 e. The van der Waals surface area contributed by atoms with E-state index < -0.39 is 22.1 Å². The van der Waals surface area contributed by atoms with Gasteiger partial charge in [0.15, 0.2) is 0 Å². The van der Waals surface area contributed by atoms with E-state index in [0.29, 0.717) is 0 Å². The van der Waals surface area contributed by atoms with E-state index in [4.69, 9.17) is 0 Å². The number of carbonyl (C=O) groups excluding carboxylic acids is 1. The molecule has 0 aromatic carbocycles. The van der Waals surface area contributed by atoms with Crippen LogP contribution in [0.4, 0.5) is 0 Å². The van der Waals surface area contributed by atoms with Crippen LogP contribution < -0.4 is 0 Å². The number of Topliss-reactive ketones (excluding diaryl/α,β-unsaturated/α-hetero) is 1. The van der Waals surface area contributed by atoms with Crippen LogP contribution in [0.1, 0.15) is 6.92 Å². The molecule has 52 valence electrons. The topological polar surface area (TPSA) is 60.2 Å². The number of rotatable bonds is 3. The first kappa shape index (κ1) is 8.55. The Morgan fingerprint density at radius 1 is 1.89 bits per heavy atom. The summed E-state index contributed by atoms with van der Waals surface area (Å²) in [6, 6.07) is 0. The van der Waals surface area contributed by atoms with Crippen molar-refractivity contribution in [2.24, 2.45) is 0 Å². The van der Waals surface area contributed by atoms with Crippen LogP contribution in [0.5, 0.6) is 0 Å². The number of carbonyl (C=O) groups is 1. The van der Waals surface area contributed by atoms with Crippen LogP contribution in [-0.4, -0.2) is 22.1 Å². The number of halogens is 1. The Bertz CT molecular complexity index is 134. The normalized spacial score (nSPS) is 12.7. The maximum Gasteiger partial charge on any atom is 0.262 e. The zero-order chi connectivity index (χ0) is 7.44. The Labute approximate surface area is 60.5 Å². The highest BCUT2D eigenvalue weighted by atomic mass is 79.9. The van der Waals surface area contributed by atoms with E-state index in [-0.39, 0.29) is 0 Å². The van der Waals surface area contributed by atoms with Crippen molar-refractivity contribution in [3.63, 3.8) is 0 Å². The molecule has 0 radical (unpaired) electrons. The maximum atomic E-state index is 10.5. The third kappa shape index (κ3) is 4.08. The minimum absolute atomic E-state index is 0.403. The molecular formula is C4H6BrNO3. The molecule has 0 aliphatic heterocycles. The molecule has 4 nitrogen and oxygen atoms in total. The summed E-state index contributed by atoms with van der Waals surface area (Å²) in [5, 5.41) is 9.68. The molecule has 0 aliphatic carbocycles. The van der Waals surface area contributed by atoms with Crippen molar-refractivity contribution < 1.29 is 9.72 Å². The van der Waals surface area contributed by atoms with Gasteiger partial charge in [0.05, 0.1) is 4.83 Å². The minimum Gasteiger partial charge on any atom is -0.291 e. The monoisotopic (exact) mass is 195 g/mol. The highest BCUT2D eigenvalue weighted by Gasteiger charge is 2.14. The molecule has 0 saturated heterocycles. The fraction of sp³-hybridized carbons (Fsp3) is 0.750. The molecule has 0 saturated carbocycles. The summed E-state index contributed by atoms with van der Waals surface area (Å²) in [6.45, 7) is 0.970. The van der Waals surface area contributed by atoms with E-state index in [1.54, 1.807) is 6.92 Å². The van der Waals surface area contributed by atoms with Gasteiger partial charge in [-0.05, 0) is 6.92 Å². The van der Waals surface area contributed by atoms with Crippen molar-refractivity contribution in [3.05, 3.63) is 10.1 Å². The summed E-state index contributed by atoms with van der Waals surface area (Å²) < 4.78 is 0. The summed E-state index contributed by atoms with van der Waals surface area (Å²) in [7, 11) is 0. The molecule has 0 fully saturated rings. The van der Waals surface area contributed by atoms with Gasteiger partial charge in [0.1, 0.15) is 0 Å². The van der Waals surface area contributed by atoms with Gasteiger partial charge in [-0.3, -0.25) is 14.9 Å². The second kappa shape index (κ2) is 3.55. The van der Waals surface area contributed by atoms with Gasteiger partial charge in [-0.15, -0.1) is 0 Å². The van der Waals surface area contributed by atoms with Crippen molar-refractivity contribution >= 4 is 21.7 Å². The molecule has 0 bridgehead atoms. The molecule has 5 heteroatoms. The molecule has 0 spiro atoms. The van der Waals surface area contributed by atoms with Gasteiger partial charge in [0, 0.05) is 4.92 Å². The van der Waals surface area contributed by atoms with Gasteiger partial charge in [-0.2, -0.15) is 0 Å². The van der Waals surface area contributed by atoms with Gasteiger partial charge >= 0.3 is 0 Å². The second-order valence-electron chi connectivity index (χ2n) is 1.57. The first-order chi connectivity index (χ1) is 4.04. The Balaban J connectivity index is 3.64. The molecule has 0 heterocycles. The van der Waals surface area contributed by atoms with Crippen molar-refractivity contribution in [3.8, 4) is 0 Å². The molecule has 1 atom stereocenters. The lowest BCUT2D eigenvalue weighted by Crippen LogP contribution is -2.20. The summed E-state index contributed by atoms with van der Waals surface area (Å²) in [6.07, 6.45) is 0. The second-order valence-corrected chi connectivity index (χ2v) is 2.95. The van der Waals surface area contributed by atoms with Gasteiger partial charge in [0.25, 0.3) is 6.54 Å². The van der Waals surface area contributed by atoms with Crippen molar-refractivity contribution in [1.29, 1.82) is 0 Å². The van der Waals surface area contributed by atoms with Crippen LogP contribution in [0.15, 0.2) is 0 Å². The van der Waals surface area contributed by atoms with E-state index in [1.807, 2.05) is 0 Å². The van der Waals surface area contributed by atoms with E-state index in [2.05, 4.69) is 15.9 Å². The Morgan fingerprint density at radius 2 is 2.33 bits per heavy atom. The predicted octanol–water partition coefficient (Wildman–Crippen LogP) is 0.616. The Kier molecular flexibility index (Phi) is 3.37. The van der Waals surface area contributed by atoms with Gasteiger partial charge in [-0.1, -0.05) is 15.9 Å². The number of nitrogens with zero attached hydrogens (tertiary/aromatic N) is 1. The summed E-state index contributed by atoms with van der Waals surface area (Å²) in [4.78, 5) is 19.1. The van der Waals surface area contributed by atoms with Crippen LogP contribution in [0.2, 0.25) is 0 Å². The van der Waals surface area contributed by atoms with Gasteiger partial charge in [-0.25, -0.2) is 0 Å². The molecule has 0 N–H and O–H groups in total. The summed E-state index contributed by atoms with van der Waals surface area (Å²) in [5.41, 5.74) is 0. The molecule has 0 rings (SSSR count). The van der Waals surface area contributed by atoms with Crippen LogP contribution in [0.25, 0.3) is 0 Å². The lowest BCUT2D eigenvalue weighted by Gasteiger charge is -1.94. The SMILES string of the molecule is CC(Br)C(=O)C[N+](=O)[O-]. The third-order valence-corrected chi connectivity index (χ3v) is 1.24. The fourth-order valence-electron chi connectivity index (χ4n) is 0.253. The van der Waals surface area contributed by atoms with Crippen molar-refractivity contribution in [2.45, 2.75) is 11.8 Å². The Morgan fingerprint density at radius 3 is 2.44 bits per heavy atom. The quantitative estimate of drug-likeness (QED) is 0.377. The first-order valence-corrected chi connectivity index (χ1v) is 3.24. The molecule has 0 aromatic rings. The standard InChI is InChI=1S/C4H6BrNO3/c1-3(5)4(7)2-6(8)9/h3H,2H2,1H3. The molecular weight excluding hydrogens is 190 g/mol. The summed E-state index contributed by atoms with van der Waals surface area (Å²) >= 11 is 2.91. The number of nitro groups is 1. The molecule has 0 aliphatic rings. The smallest absolute Gasteiger partial charge is 0.262 e. The molecule has 1 unspecified atom stereocenters. The van der Waals surface area contributed by atoms with Crippen LogP contribution in [0, 0.1) is 10.1 Å². The van der Waals surface area contributed by atoms with Crippen LogP contribution in [0.3, 0.4) is 0 Å². The fourth-order valence-corrected chi connectivity index (χ4v) is 0.398. The van der Waals surface area contributed by atoms with Gasteiger partial charge < -0.3 is 0 Å². The molecule has 0 amide bonds. The van der Waals surface area contributed by atoms with Crippen LogP contribution >= 0.6 is 15.9 Å².